The van der Waals surface area contributed by atoms with Gasteiger partial charge in [0.15, 0.2) is 5.96 Å². The molecule has 0 saturated carbocycles. The van der Waals surface area contributed by atoms with Crippen LogP contribution in [0.4, 0.5) is 0 Å². The lowest BCUT2D eigenvalue weighted by Crippen LogP contribution is -2.54. The van der Waals surface area contributed by atoms with Crippen molar-refractivity contribution in [1.82, 2.24) is 15.1 Å². The van der Waals surface area contributed by atoms with Crippen LogP contribution in [0.5, 0.6) is 0 Å². The van der Waals surface area contributed by atoms with Gasteiger partial charge in [-0.05, 0) is 35.4 Å². The van der Waals surface area contributed by atoms with E-state index in [0.29, 0.717) is 0 Å². The van der Waals surface area contributed by atoms with E-state index in [2.05, 4.69) is 68.8 Å². The fourth-order valence-corrected chi connectivity index (χ4v) is 5.35. The lowest BCUT2D eigenvalue weighted by molar-refractivity contribution is 0.0779. The van der Waals surface area contributed by atoms with Crippen LogP contribution in [0.3, 0.4) is 0 Å². The normalized spacial score (nSPS) is 19.8. The number of rotatable bonds is 5. The molecule has 170 valence electrons. The summed E-state index contributed by atoms with van der Waals surface area (Å²) < 4.78 is 5.84. The second kappa shape index (κ2) is 11.7. The number of hydrogen-bond donors (Lipinski definition) is 1. The number of nitrogens with zero attached hydrogens (tertiary/aromatic N) is 3. The summed E-state index contributed by atoms with van der Waals surface area (Å²) in [6.07, 6.45) is 4.44. The summed E-state index contributed by atoms with van der Waals surface area (Å²) in [7, 11) is 1.90. The van der Waals surface area contributed by atoms with Gasteiger partial charge in [0, 0.05) is 64.3 Å². The molecule has 2 aromatic rings. The second-order valence-corrected chi connectivity index (χ2v) is 9.58. The van der Waals surface area contributed by atoms with Gasteiger partial charge >= 0.3 is 0 Å². The quantitative estimate of drug-likeness (QED) is 0.343. The SMILES string of the molecule is CN=C(NCC1(SC)CCOCC1)N1CCN(Cc2cccc3ccccc23)CC1.I. The molecule has 4 rings (SSSR count). The predicted molar refractivity (Wildman–Crippen MR) is 144 cm³/mol. The summed E-state index contributed by atoms with van der Waals surface area (Å²) in [5.41, 5.74) is 1.42. The highest BCUT2D eigenvalue weighted by Gasteiger charge is 2.32. The molecular formula is C24H35IN4OS. The molecule has 1 N–H and O–H groups in total. The number of hydrogen-bond acceptors (Lipinski definition) is 4. The maximum absolute atomic E-state index is 5.58. The van der Waals surface area contributed by atoms with Gasteiger partial charge in [-0.25, -0.2) is 0 Å². The number of fused-ring (bicyclic) bond motifs is 1. The van der Waals surface area contributed by atoms with E-state index in [0.717, 1.165) is 71.3 Å². The van der Waals surface area contributed by atoms with E-state index < -0.39 is 0 Å². The average Bonchev–Trinajstić information content (AvgIpc) is 2.81. The minimum atomic E-state index is 0. The number of guanidine groups is 1. The van der Waals surface area contributed by atoms with Crippen molar-refractivity contribution in [1.29, 1.82) is 0 Å². The Morgan fingerprint density at radius 3 is 2.48 bits per heavy atom. The van der Waals surface area contributed by atoms with Crippen LogP contribution in [-0.2, 0) is 11.3 Å². The Bertz CT molecular complexity index is 858. The molecule has 31 heavy (non-hydrogen) atoms. The van der Waals surface area contributed by atoms with E-state index in [1.54, 1.807) is 0 Å². The van der Waals surface area contributed by atoms with Crippen molar-refractivity contribution in [2.24, 2.45) is 4.99 Å². The van der Waals surface area contributed by atoms with E-state index in [1.807, 2.05) is 18.8 Å². The zero-order valence-electron chi connectivity index (χ0n) is 18.7. The first-order valence-electron chi connectivity index (χ1n) is 11.0. The molecule has 7 heteroatoms. The van der Waals surface area contributed by atoms with Crippen LogP contribution in [0.1, 0.15) is 18.4 Å². The molecule has 2 aromatic carbocycles. The predicted octanol–water partition coefficient (Wildman–Crippen LogP) is 4.06. The van der Waals surface area contributed by atoms with Crippen molar-refractivity contribution in [3.05, 3.63) is 48.0 Å². The Hall–Kier alpha value is -1.03. The Morgan fingerprint density at radius 2 is 1.77 bits per heavy atom. The number of halogens is 1. The lowest BCUT2D eigenvalue weighted by atomic mass is 9.99. The van der Waals surface area contributed by atoms with E-state index in [4.69, 9.17) is 4.74 Å². The van der Waals surface area contributed by atoms with Gasteiger partial charge in [-0.3, -0.25) is 9.89 Å². The highest BCUT2D eigenvalue weighted by Crippen LogP contribution is 2.33. The molecule has 0 aliphatic carbocycles. The van der Waals surface area contributed by atoms with Gasteiger partial charge in [0.05, 0.1) is 0 Å². The van der Waals surface area contributed by atoms with Gasteiger partial charge in [0.1, 0.15) is 0 Å². The molecule has 2 aliphatic rings. The maximum atomic E-state index is 5.58. The molecular weight excluding hydrogens is 519 g/mol. The minimum absolute atomic E-state index is 0. The van der Waals surface area contributed by atoms with Crippen LogP contribution in [0.2, 0.25) is 0 Å². The molecule has 0 radical (unpaired) electrons. The Kier molecular flexibility index (Phi) is 9.31. The number of nitrogens with one attached hydrogen (secondary N) is 1. The van der Waals surface area contributed by atoms with Crippen LogP contribution in [0, 0.1) is 0 Å². The molecule has 0 atom stereocenters. The topological polar surface area (TPSA) is 40.1 Å². The highest BCUT2D eigenvalue weighted by molar-refractivity contribution is 14.0. The zero-order chi connectivity index (χ0) is 20.8. The second-order valence-electron chi connectivity index (χ2n) is 8.30. The number of thioether (sulfide) groups is 1. The molecule has 0 spiro atoms. The molecule has 2 aliphatic heterocycles. The van der Waals surface area contributed by atoms with Crippen LogP contribution in [0.15, 0.2) is 47.5 Å². The van der Waals surface area contributed by atoms with Gasteiger partial charge in [-0.15, -0.1) is 24.0 Å². The van der Waals surface area contributed by atoms with Gasteiger partial charge < -0.3 is 15.0 Å². The Morgan fingerprint density at radius 1 is 1.06 bits per heavy atom. The number of aliphatic imine (C=N–C) groups is 1. The monoisotopic (exact) mass is 554 g/mol. The third-order valence-electron chi connectivity index (χ3n) is 6.56. The summed E-state index contributed by atoms with van der Waals surface area (Å²) >= 11 is 1.97. The standard InChI is InChI=1S/C24H34N4OS.HI/c1-25-23(26-19-24(30-2)10-16-29-17-11-24)28-14-12-27(13-15-28)18-21-8-5-7-20-6-3-4-9-22(20)21;/h3-9H,10-19H2,1-2H3,(H,25,26);1H. The molecule has 2 heterocycles. The van der Waals surface area contributed by atoms with Crippen molar-refractivity contribution < 1.29 is 4.74 Å². The summed E-state index contributed by atoms with van der Waals surface area (Å²) in [6, 6.07) is 15.3. The molecule has 0 amide bonds. The van der Waals surface area contributed by atoms with E-state index in [1.165, 1.54) is 16.3 Å². The molecule has 0 bridgehead atoms. The fourth-order valence-electron chi connectivity index (χ4n) is 4.56. The minimum Gasteiger partial charge on any atom is -0.381 e. The zero-order valence-corrected chi connectivity index (χ0v) is 21.8. The van der Waals surface area contributed by atoms with E-state index >= 15 is 0 Å². The van der Waals surface area contributed by atoms with Crippen molar-refractivity contribution in [2.45, 2.75) is 24.1 Å². The third-order valence-corrected chi connectivity index (χ3v) is 7.98. The Balaban J connectivity index is 0.00000272. The van der Waals surface area contributed by atoms with E-state index in [-0.39, 0.29) is 28.7 Å². The first-order valence-corrected chi connectivity index (χ1v) is 12.2. The first-order chi connectivity index (χ1) is 14.7. The van der Waals surface area contributed by atoms with Crippen LogP contribution < -0.4 is 5.32 Å². The summed E-state index contributed by atoms with van der Waals surface area (Å²) in [4.78, 5) is 9.56. The number of piperazine rings is 1. The molecule has 2 saturated heterocycles. The lowest BCUT2D eigenvalue weighted by Gasteiger charge is -2.39. The fraction of sp³-hybridized carbons (Fsp3) is 0.542. The number of ether oxygens (including phenoxy) is 1. The van der Waals surface area contributed by atoms with Gasteiger partial charge in [-0.1, -0.05) is 42.5 Å². The maximum Gasteiger partial charge on any atom is 0.193 e. The van der Waals surface area contributed by atoms with Crippen LogP contribution >= 0.6 is 35.7 Å². The van der Waals surface area contributed by atoms with Crippen molar-refractivity contribution in [3.8, 4) is 0 Å². The van der Waals surface area contributed by atoms with Crippen molar-refractivity contribution >= 4 is 52.5 Å². The largest absolute Gasteiger partial charge is 0.381 e. The Labute approximate surface area is 208 Å². The van der Waals surface area contributed by atoms with Gasteiger partial charge in [0.25, 0.3) is 0 Å². The molecule has 0 unspecified atom stereocenters. The van der Waals surface area contributed by atoms with Gasteiger partial charge in [0.2, 0.25) is 0 Å². The molecule has 5 nitrogen and oxygen atoms in total. The van der Waals surface area contributed by atoms with Crippen molar-refractivity contribution in [3.63, 3.8) is 0 Å². The third kappa shape index (κ3) is 6.06. The average molecular weight is 555 g/mol. The van der Waals surface area contributed by atoms with Crippen LogP contribution in [0.25, 0.3) is 10.8 Å². The summed E-state index contributed by atoms with van der Waals surface area (Å²) in [6.45, 7) is 7.86. The van der Waals surface area contributed by atoms with E-state index in [9.17, 15) is 0 Å². The number of benzene rings is 2. The smallest absolute Gasteiger partial charge is 0.193 e. The van der Waals surface area contributed by atoms with Crippen LogP contribution in [-0.4, -0.2) is 79.7 Å². The highest BCUT2D eigenvalue weighted by atomic mass is 127. The van der Waals surface area contributed by atoms with Crippen molar-refractivity contribution in [2.75, 3.05) is 59.2 Å². The van der Waals surface area contributed by atoms with Gasteiger partial charge in [-0.2, -0.15) is 11.8 Å². The summed E-state index contributed by atoms with van der Waals surface area (Å²) in [5.74, 6) is 1.04. The summed E-state index contributed by atoms with van der Waals surface area (Å²) in [5, 5.41) is 6.37. The first kappa shape index (κ1) is 24.6. The molecule has 0 aromatic heterocycles. The molecule has 2 fully saturated rings.